The van der Waals surface area contributed by atoms with Crippen molar-refractivity contribution in [1.82, 2.24) is 9.97 Å². The average molecular weight is 190 g/mol. The molecule has 0 saturated carbocycles. The van der Waals surface area contributed by atoms with E-state index < -0.39 is 11.8 Å². The summed E-state index contributed by atoms with van der Waals surface area (Å²) in [4.78, 5) is 28.4. The number of aliphatic carboxylic acids is 1. The van der Waals surface area contributed by atoms with E-state index in [9.17, 15) is 9.59 Å². The average Bonchev–Trinajstić information content (AvgIpc) is 2.63. The van der Waals surface area contributed by atoms with Crippen molar-refractivity contribution in [2.45, 2.75) is 0 Å². The first-order valence-corrected chi connectivity index (χ1v) is 3.90. The molecule has 1 aromatic carbocycles. The number of nitrogens with one attached hydrogen (secondary N) is 1. The lowest BCUT2D eigenvalue weighted by Gasteiger charge is -1.96. The number of para-hydroxylation sites is 1. The lowest BCUT2D eigenvalue weighted by molar-refractivity contribution is -0.131. The zero-order chi connectivity index (χ0) is 10.1. The number of nitrogens with zero attached hydrogens (tertiary/aromatic N) is 1. The molecule has 0 spiro atoms. The lowest BCUT2D eigenvalue weighted by Crippen LogP contribution is -2.12. The summed E-state index contributed by atoms with van der Waals surface area (Å²) in [7, 11) is 0. The molecule has 70 valence electrons. The molecule has 0 aliphatic rings. The molecule has 0 fully saturated rings. The van der Waals surface area contributed by atoms with Gasteiger partial charge in [0.05, 0.1) is 22.9 Å². The van der Waals surface area contributed by atoms with E-state index in [1.54, 1.807) is 12.1 Å². The molecule has 0 unspecified atom stereocenters. The lowest BCUT2D eigenvalue weighted by atomic mass is 10.1. The predicted octanol–water partition coefficient (Wildman–Crippen LogP) is 0.830. The molecule has 2 rings (SSSR count). The second kappa shape index (κ2) is 2.95. The third-order valence-corrected chi connectivity index (χ3v) is 1.89. The number of ketones is 1. The number of carboxylic acid groups (broad SMARTS) is 1. The molecule has 5 heteroatoms. The fourth-order valence-corrected chi connectivity index (χ4v) is 1.26. The third-order valence-electron chi connectivity index (χ3n) is 1.89. The molecule has 0 amide bonds. The molecule has 0 aliphatic heterocycles. The van der Waals surface area contributed by atoms with Gasteiger partial charge in [-0.1, -0.05) is 6.07 Å². The van der Waals surface area contributed by atoms with Crippen LogP contribution in [0, 0.1) is 0 Å². The van der Waals surface area contributed by atoms with Crippen LogP contribution in [0.15, 0.2) is 24.5 Å². The van der Waals surface area contributed by atoms with Gasteiger partial charge in [0.1, 0.15) is 0 Å². The molecule has 0 radical (unpaired) electrons. The summed E-state index contributed by atoms with van der Waals surface area (Å²) in [5, 5.41) is 8.54. The van der Waals surface area contributed by atoms with Gasteiger partial charge in [0.25, 0.3) is 5.78 Å². The molecular weight excluding hydrogens is 184 g/mol. The van der Waals surface area contributed by atoms with Crippen LogP contribution in [0.4, 0.5) is 0 Å². The first-order chi connectivity index (χ1) is 6.70. The van der Waals surface area contributed by atoms with E-state index in [1.807, 2.05) is 0 Å². The second-order valence-corrected chi connectivity index (χ2v) is 2.74. The second-order valence-electron chi connectivity index (χ2n) is 2.74. The van der Waals surface area contributed by atoms with E-state index in [0.717, 1.165) is 0 Å². The monoisotopic (exact) mass is 190 g/mol. The third kappa shape index (κ3) is 1.15. The Morgan fingerprint density at radius 3 is 2.86 bits per heavy atom. The maximum atomic E-state index is 11.2. The molecule has 1 heterocycles. The van der Waals surface area contributed by atoms with Crippen molar-refractivity contribution < 1.29 is 14.7 Å². The number of rotatable bonds is 2. The molecule has 2 N–H and O–H groups in total. The topological polar surface area (TPSA) is 83.0 Å². The summed E-state index contributed by atoms with van der Waals surface area (Å²) in [6.07, 6.45) is 1.42. The fourth-order valence-electron chi connectivity index (χ4n) is 1.26. The summed E-state index contributed by atoms with van der Waals surface area (Å²) < 4.78 is 0. The first kappa shape index (κ1) is 8.43. The number of Topliss-reactive ketones (excluding diaryl/α,β-unsaturated/α-hetero) is 1. The van der Waals surface area contributed by atoms with Gasteiger partial charge < -0.3 is 10.1 Å². The van der Waals surface area contributed by atoms with Gasteiger partial charge in [-0.15, -0.1) is 0 Å². The normalized spacial score (nSPS) is 10.3. The number of carbonyl (C=O) groups excluding carboxylic acids is 1. The van der Waals surface area contributed by atoms with Crippen molar-refractivity contribution in [3.8, 4) is 0 Å². The van der Waals surface area contributed by atoms with Gasteiger partial charge in [0.15, 0.2) is 0 Å². The minimum absolute atomic E-state index is 0.108. The number of H-pyrrole nitrogens is 1. The van der Waals surface area contributed by atoms with Crippen LogP contribution in [0.2, 0.25) is 0 Å². The van der Waals surface area contributed by atoms with E-state index in [1.165, 1.54) is 12.4 Å². The number of fused-ring (bicyclic) bond motifs is 1. The minimum Gasteiger partial charge on any atom is -0.475 e. The van der Waals surface area contributed by atoms with Crippen LogP contribution < -0.4 is 0 Å². The number of imidazole rings is 1. The van der Waals surface area contributed by atoms with Crippen LogP contribution >= 0.6 is 0 Å². The number of carboxylic acids is 1. The highest BCUT2D eigenvalue weighted by Crippen LogP contribution is 2.14. The Hall–Kier alpha value is -2.17. The van der Waals surface area contributed by atoms with Crippen LogP contribution in [-0.2, 0) is 4.79 Å². The Morgan fingerprint density at radius 2 is 2.14 bits per heavy atom. The van der Waals surface area contributed by atoms with Crippen molar-refractivity contribution in [2.75, 3.05) is 0 Å². The molecule has 0 bridgehead atoms. The van der Waals surface area contributed by atoms with Gasteiger partial charge >= 0.3 is 5.97 Å². The highest BCUT2D eigenvalue weighted by molar-refractivity contribution is 6.41. The number of aromatic amines is 1. The fraction of sp³-hybridized carbons (Fsp3) is 0. The molecule has 0 saturated heterocycles. The summed E-state index contributed by atoms with van der Waals surface area (Å²) in [5.41, 5.74) is 1.15. The molecule has 1 aromatic heterocycles. The van der Waals surface area contributed by atoms with Crippen molar-refractivity contribution in [3.63, 3.8) is 0 Å². The van der Waals surface area contributed by atoms with Crippen LogP contribution in [0.5, 0.6) is 0 Å². The van der Waals surface area contributed by atoms with Crippen molar-refractivity contribution >= 4 is 22.8 Å². The van der Waals surface area contributed by atoms with Gasteiger partial charge in [0.2, 0.25) is 0 Å². The number of aromatic nitrogens is 2. The molecule has 0 aliphatic carbocycles. The van der Waals surface area contributed by atoms with Gasteiger partial charge in [-0.2, -0.15) is 0 Å². The zero-order valence-electron chi connectivity index (χ0n) is 7.02. The standard InChI is InChI=1S/C9H6N2O3/c12-8(9(13)14)5-2-1-3-6-7(5)11-4-10-6/h1-4H,(H,10,11)(H,13,14). The first-order valence-electron chi connectivity index (χ1n) is 3.90. The van der Waals surface area contributed by atoms with Crippen LogP contribution in [0.25, 0.3) is 11.0 Å². The van der Waals surface area contributed by atoms with Gasteiger partial charge in [-0.3, -0.25) is 4.79 Å². The molecule has 5 nitrogen and oxygen atoms in total. The zero-order valence-corrected chi connectivity index (χ0v) is 7.02. The Labute approximate surface area is 78.4 Å². The Kier molecular flexibility index (Phi) is 1.78. The smallest absolute Gasteiger partial charge is 0.377 e. The number of hydrogen-bond acceptors (Lipinski definition) is 3. The predicted molar refractivity (Wildman–Crippen MR) is 48.1 cm³/mol. The Balaban J connectivity index is 2.67. The SMILES string of the molecule is O=C(O)C(=O)c1cccc2[nH]cnc12. The summed E-state index contributed by atoms with van der Waals surface area (Å²) >= 11 is 0. The van der Waals surface area contributed by atoms with Crippen LogP contribution in [0.3, 0.4) is 0 Å². The quantitative estimate of drug-likeness (QED) is 0.542. The highest BCUT2D eigenvalue weighted by atomic mass is 16.4. The van der Waals surface area contributed by atoms with Crippen LogP contribution in [0.1, 0.15) is 10.4 Å². The minimum atomic E-state index is -1.47. The number of hydrogen-bond donors (Lipinski definition) is 2. The van der Waals surface area contributed by atoms with Gasteiger partial charge in [-0.25, -0.2) is 9.78 Å². The Bertz CT molecular complexity index is 516. The Morgan fingerprint density at radius 1 is 1.36 bits per heavy atom. The molecule has 0 atom stereocenters. The summed E-state index contributed by atoms with van der Waals surface area (Å²) in [5.74, 6) is -2.41. The van der Waals surface area contributed by atoms with Gasteiger partial charge in [0, 0.05) is 0 Å². The van der Waals surface area contributed by atoms with E-state index in [2.05, 4.69) is 9.97 Å². The summed E-state index contributed by atoms with van der Waals surface area (Å²) in [6, 6.07) is 4.78. The van der Waals surface area contributed by atoms with E-state index in [0.29, 0.717) is 11.0 Å². The van der Waals surface area contributed by atoms with Crippen molar-refractivity contribution in [1.29, 1.82) is 0 Å². The van der Waals surface area contributed by atoms with Crippen molar-refractivity contribution in [3.05, 3.63) is 30.1 Å². The largest absolute Gasteiger partial charge is 0.475 e. The van der Waals surface area contributed by atoms with Crippen LogP contribution in [-0.4, -0.2) is 26.8 Å². The number of benzene rings is 1. The van der Waals surface area contributed by atoms with E-state index >= 15 is 0 Å². The maximum absolute atomic E-state index is 11.2. The maximum Gasteiger partial charge on any atom is 0.377 e. The van der Waals surface area contributed by atoms with E-state index in [4.69, 9.17) is 5.11 Å². The van der Waals surface area contributed by atoms with E-state index in [-0.39, 0.29) is 5.56 Å². The molecule has 2 aromatic rings. The van der Waals surface area contributed by atoms with Crippen molar-refractivity contribution in [2.24, 2.45) is 0 Å². The molecule has 14 heavy (non-hydrogen) atoms. The molecular formula is C9H6N2O3. The summed E-state index contributed by atoms with van der Waals surface area (Å²) in [6.45, 7) is 0. The number of carbonyl (C=O) groups is 2. The van der Waals surface area contributed by atoms with Gasteiger partial charge in [-0.05, 0) is 12.1 Å². The highest BCUT2D eigenvalue weighted by Gasteiger charge is 2.18.